The predicted octanol–water partition coefficient (Wildman–Crippen LogP) is 3.45. The molecule has 2 aromatic rings. The van der Waals surface area contributed by atoms with E-state index in [9.17, 15) is 0 Å². The van der Waals surface area contributed by atoms with Gasteiger partial charge in [0.05, 0.1) is 11.6 Å². The fourth-order valence-electron chi connectivity index (χ4n) is 2.28. The van der Waals surface area contributed by atoms with Crippen LogP contribution in [0, 0.1) is 6.92 Å². The molecule has 0 fully saturated rings. The van der Waals surface area contributed by atoms with E-state index in [1.54, 1.807) is 0 Å². The van der Waals surface area contributed by atoms with Gasteiger partial charge in [0.2, 0.25) is 0 Å². The van der Waals surface area contributed by atoms with Crippen LogP contribution in [0.5, 0.6) is 0 Å². The summed E-state index contributed by atoms with van der Waals surface area (Å²) in [5.41, 5.74) is 3.47. The molecule has 0 unspecified atom stereocenters. The molecule has 1 N–H and O–H groups in total. The third-order valence-corrected chi connectivity index (χ3v) is 3.19. The largest absolute Gasteiger partial charge is 0.379 e. The second kappa shape index (κ2) is 7.36. The van der Waals surface area contributed by atoms with E-state index in [4.69, 9.17) is 4.74 Å². The van der Waals surface area contributed by atoms with Crippen molar-refractivity contribution in [3.8, 4) is 0 Å². The molecule has 1 aromatic heterocycles. The molecular formula is C17H24N2O. The first kappa shape index (κ1) is 14.9. The third-order valence-electron chi connectivity index (χ3n) is 3.19. The third kappa shape index (κ3) is 4.29. The van der Waals surface area contributed by atoms with Gasteiger partial charge in [-0.3, -0.25) is 4.98 Å². The van der Waals surface area contributed by atoms with Gasteiger partial charge in [0.1, 0.15) is 0 Å². The summed E-state index contributed by atoms with van der Waals surface area (Å²) in [6, 6.07) is 10.5. The molecule has 1 heterocycles. The van der Waals surface area contributed by atoms with E-state index in [1.165, 1.54) is 10.9 Å². The van der Waals surface area contributed by atoms with E-state index in [-0.39, 0.29) is 0 Å². The minimum atomic E-state index is 0.321. The molecule has 3 nitrogen and oxygen atoms in total. The summed E-state index contributed by atoms with van der Waals surface area (Å²) in [6.07, 6.45) is 1.36. The highest BCUT2D eigenvalue weighted by Crippen LogP contribution is 2.17. The van der Waals surface area contributed by atoms with Gasteiger partial charge in [-0.1, -0.05) is 18.2 Å². The van der Waals surface area contributed by atoms with Crippen LogP contribution in [0.3, 0.4) is 0 Å². The van der Waals surface area contributed by atoms with Crippen molar-refractivity contribution in [1.82, 2.24) is 10.3 Å². The summed E-state index contributed by atoms with van der Waals surface area (Å²) in [5.74, 6) is 0. The number of nitrogens with zero attached hydrogens (tertiary/aromatic N) is 1. The van der Waals surface area contributed by atoms with Crippen LogP contribution >= 0.6 is 0 Å². The minimum Gasteiger partial charge on any atom is -0.379 e. The lowest BCUT2D eigenvalue weighted by molar-refractivity contribution is 0.0770. The van der Waals surface area contributed by atoms with Gasteiger partial charge in [0.25, 0.3) is 0 Å². The lowest BCUT2D eigenvalue weighted by atomic mass is 10.1. The fraction of sp³-hybridized carbons (Fsp3) is 0.471. The maximum absolute atomic E-state index is 5.53. The van der Waals surface area contributed by atoms with E-state index >= 15 is 0 Å². The van der Waals surface area contributed by atoms with E-state index in [0.29, 0.717) is 6.10 Å². The molecule has 108 valence electrons. The number of fused-ring (bicyclic) bond motifs is 1. The summed E-state index contributed by atoms with van der Waals surface area (Å²) in [4.78, 5) is 4.57. The highest BCUT2D eigenvalue weighted by molar-refractivity contribution is 5.82. The van der Waals surface area contributed by atoms with Crippen LogP contribution in [0.25, 0.3) is 10.9 Å². The zero-order chi connectivity index (χ0) is 14.4. The molecule has 0 saturated heterocycles. The van der Waals surface area contributed by atoms with Gasteiger partial charge in [0.15, 0.2) is 0 Å². The second-order valence-corrected chi connectivity index (χ2v) is 5.39. The zero-order valence-electron chi connectivity index (χ0n) is 12.6. The van der Waals surface area contributed by atoms with E-state index < -0.39 is 0 Å². The Morgan fingerprint density at radius 2 is 2.05 bits per heavy atom. The Bertz CT molecular complexity index is 552. The standard InChI is InChI=1S/C17H24N2O/c1-13(2)20-10-6-9-18-12-15-11-14(3)19-17-8-5-4-7-16(15)17/h4-5,7-8,11,13,18H,6,9-10,12H2,1-3H3. The molecule has 0 aliphatic rings. The van der Waals surface area contributed by atoms with Crippen molar-refractivity contribution in [2.45, 2.75) is 39.8 Å². The zero-order valence-corrected chi connectivity index (χ0v) is 12.6. The Balaban J connectivity index is 1.90. The number of hydrogen-bond donors (Lipinski definition) is 1. The summed E-state index contributed by atoms with van der Waals surface area (Å²) in [7, 11) is 0. The lowest BCUT2D eigenvalue weighted by Crippen LogP contribution is -2.17. The van der Waals surface area contributed by atoms with Crippen LogP contribution in [0.15, 0.2) is 30.3 Å². The number of rotatable bonds is 7. The molecule has 0 aliphatic heterocycles. The molecule has 0 spiro atoms. The van der Waals surface area contributed by atoms with Crippen molar-refractivity contribution in [2.75, 3.05) is 13.2 Å². The first-order valence-corrected chi connectivity index (χ1v) is 7.34. The second-order valence-electron chi connectivity index (χ2n) is 5.39. The molecule has 1 aromatic carbocycles. The van der Waals surface area contributed by atoms with Crippen molar-refractivity contribution in [3.05, 3.63) is 41.6 Å². The fourth-order valence-corrected chi connectivity index (χ4v) is 2.28. The van der Waals surface area contributed by atoms with Crippen molar-refractivity contribution in [3.63, 3.8) is 0 Å². The molecule has 0 saturated carbocycles. The number of para-hydroxylation sites is 1. The highest BCUT2D eigenvalue weighted by atomic mass is 16.5. The Labute approximate surface area is 121 Å². The summed E-state index contributed by atoms with van der Waals surface area (Å²) >= 11 is 0. The molecule has 20 heavy (non-hydrogen) atoms. The first-order chi connectivity index (χ1) is 9.66. The molecule has 0 radical (unpaired) electrons. The van der Waals surface area contributed by atoms with Crippen molar-refractivity contribution in [1.29, 1.82) is 0 Å². The smallest absolute Gasteiger partial charge is 0.0708 e. The van der Waals surface area contributed by atoms with Gasteiger partial charge in [-0.05, 0) is 51.4 Å². The Kier molecular flexibility index (Phi) is 5.50. The van der Waals surface area contributed by atoms with Crippen LogP contribution in [0.2, 0.25) is 0 Å². The highest BCUT2D eigenvalue weighted by Gasteiger charge is 2.03. The quantitative estimate of drug-likeness (QED) is 0.784. The summed E-state index contributed by atoms with van der Waals surface area (Å²) in [6.45, 7) is 8.86. The van der Waals surface area contributed by atoms with E-state index in [0.717, 1.165) is 37.3 Å². The van der Waals surface area contributed by atoms with Crippen LogP contribution in [-0.4, -0.2) is 24.2 Å². The topological polar surface area (TPSA) is 34.1 Å². The van der Waals surface area contributed by atoms with Gasteiger partial charge in [0, 0.05) is 24.2 Å². The van der Waals surface area contributed by atoms with Crippen molar-refractivity contribution in [2.24, 2.45) is 0 Å². The van der Waals surface area contributed by atoms with Gasteiger partial charge < -0.3 is 10.1 Å². The van der Waals surface area contributed by atoms with E-state index in [2.05, 4.69) is 48.4 Å². The molecule has 0 aliphatic carbocycles. The molecule has 0 bridgehead atoms. The van der Waals surface area contributed by atoms with E-state index in [1.807, 2.05) is 13.0 Å². The SMILES string of the molecule is Cc1cc(CNCCCOC(C)C)c2ccccc2n1. The molecule has 0 atom stereocenters. The monoisotopic (exact) mass is 272 g/mol. The number of aromatic nitrogens is 1. The number of aryl methyl sites for hydroxylation is 1. The van der Waals surface area contributed by atoms with Gasteiger partial charge in [-0.15, -0.1) is 0 Å². The van der Waals surface area contributed by atoms with Gasteiger partial charge >= 0.3 is 0 Å². The molecule has 2 rings (SSSR count). The average molecular weight is 272 g/mol. The average Bonchev–Trinajstić information content (AvgIpc) is 2.42. The van der Waals surface area contributed by atoms with Gasteiger partial charge in [-0.2, -0.15) is 0 Å². The molecular weight excluding hydrogens is 248 g/mol. The van der Waals surface area contributed by atoms with Crippen LogP contribution in [-0.2, 0) is 11.3 Å². The number of benzene rings is 1. The summed E-state index contributed by atoms with van der Waals surface area (Å²) < 4.78 is 5.53. The predicted molar refractivity (Wildman–Crippen MR) is 83.9 cm³/mol. The number of hydrogen-bond acceptors (Lipinski definition) is 3. The summed E-state index contributed by atoms with van der Waals surface area (Å²) in [5, 5.41) is 4.73. The molecule has 0 amide bonds. The van der Waals surface area contributed by atoms with Crippen molar-refractivity contribution < 1.29 is 4.74 Å². The normalized spacial score (nSPS) is 11.4. The Morgan fingerprint density at radius 3 is 2.85 bits per heavy atom. The first-order valence-electron chi connectivity index (χ1n) is 7.34. The number of pyridine rings is 1. The van der Waals surface area contributed by atoms with Crippen molar-refractivity contribution >= 4 is 10.9 Å². The van der Waals surface area contributed by atoms with Gasteiger partial charge in [-0.25, -0.2) is 0 Å². The molecule has 3 heteroatoms. The van der Waals surface area contributed by atoms with Crippen LogP contribution in [0.4, 0.5) is 0 Å². The van der Waals surface area contributed by atoms with Crippen LogP contribution < -0.4 is 5.32 Å². The Morgan fingerprint density at radius 1 is 1.25 bits per heavy atom. The lowest BCUT2D eigenvalue weighted by Gasteiger charge is -2.10. The number of nitrogens with one attached hydrogen (secondary N) is 1. The van der Waals surface area contributed by atoms with Crippen LogP contribution in [0.1, 0.15) is 31.5 Å². The Hall–Kier alpha value is -1.45. The number of ether oxygens (including phenoxy) is 1. The maximum atomic E-state index is 5.53. The minimum absolute atomic E-state index is 0.321. The maximum Gasteiger partial charge on any atom is 0.0708 e.